The van der Waals surface area contributed by atoms with Crippen LogP contribution < -0.4 is 5.32 Å². The van der Waals surface area contributed by atoms with E-state index < -0.39 is 0 Å². The molecule has 0 unspecified atom stereocenters. The van der Waals surface area contributed by atoms with Crippen LogP contribution in [0.1, 0.15) is 34.1 Å². The molecule has 2 aromatic heterocycles. The molecule has 1 aromatic carbocycles. The van der Waals surface area contributed by atoms with Crippen molar-refractivity contribution in [3.05, 3.63) is 53.3 Å². The molecule has 4 rings (SSSR count). The van der Waals surface area contributed by atoms with E-state index in [-0.39, 0.29) is 11.9 Å². The zero-order valence-electron chi connectivity index (χ0n) is 13.3. The van der Waals surface area contributed by atoms with Crippen molar-refractivity contribution in [1.29, 1.82) is 0 Å². The summed E-state index contributed by atoms with van der Waals surface area (Å²) in [6.07, 6.45) is 3.83. The number of para-hydroxylation sites is 1. The van der Waals surface area contributed by atoms with Gasteiger partial charge in [0.1, 0.15) is 11.4 Å². The molecule has 0 saturated carbocycles. The number of hydrogen-bond donors (Lipinski definition) is 1. The van der Waals surface area contributed by atoms with E-state index in [2.05, 4.69) is 14.9 Å². The standard InChI is InChI=1S/C18H19N3O2/c1-11-9-21-10-13(7-8-16(21)19-11)20-18(22)17-12(2)14-5-3-4-6-15(14)23-17/h3-6,9,13H,7-8,10H2,1-2H3,(H,20,22)/t13-/m0/s1. The highest BCUT2D eigenvalue weighted by Crippen LogP contribution is 2.25. The van der Waals surface area contributed by atoms with Crippen molar-refractivity contribution in [2.45, 2.75) is 39.3 Å². The summed E-state index contributed by atoms with van der Waals surface area (Å²) >= 11 is 0. The summed E-state index contributed by atoms with van der Waals surface area (Å²) in [5, 5.41) is 4.10. The lowest BCUT2D eigenvalue weighted by molar-refractivity contribution is 0.0900. The van der Waals surface area contributed by atoms with E-state index in [9.17, 15) is 4.79 Å². The van der Waals surface area contributed by atoms with Gasteiger partial charge in [-0.2, -0.15) is 0 Å². The number of furan rings is 1. The van der Waals surface area contributed by atoms with Crippen LogP contribution in [0, 0.1) is 13.8 Å². The van der Waals surface area contributed by atoms with Gasteiger partial charge in [0.15, 0.2) is 5.76 Å². The summed E-state index contributed by atoms with van der Waals surface area (Å²) in [6.45, 7) is 4.69. The molecule has 0 spiro atoms. The van der Waals surface area contributed by atoms with Gasteiger partial charge in [-0.15, -0.1) is 0 Å². The fraction of sp³-hybridized carbons (Fsp3) is 0.333. The molecule has 3 aromatic rings. The smallest absolute Gasteiger partial charge is 0.287 e. The topological polar surface area (TPSA) is 60.1 Å². The average molecular weight is 309 g/mol. The minimum absolute atomic E-state index is 0.108. The summed E-state index contributed by atoms with van der Waals surface area (Å²) in [7, 11) is 0. The van der Waals surface area contributed by atoms with Gasteiger partial charge in [-0.25, -0.2) is 4.98 Å². The van der Waals surface area contributed by atoms with Crippen LogP contribution in [0.3, 0.4) is 0 Å². The fourth-order valence-electron chi connectivity index (χ4n) is 3.35. The average Bonchev–Trinajstić information content (AvgIpc) is 3.07. The monoisotopic (exact) mass is 309 g/mol. The Labute approximate surface area is 134 Å². The molecule has 0 saturated heterocycles. The third-order valence-electron chi connectivity index (χ3n) is 4.50. The van der Waals surface area contributed by atoms with E-state index in [1.54, 1.807) is 0 Å². The maximum absolute atomic E-state index is 12.6. The van der Waals surface area contributed by atoms with Crippen LogP contribution in [-0.4, -0.2) is 21.5 Å². The van der Waals surface area contributed by atoms with Crippen LogP contribution in [-0.2, 0) is 13.0 Å². The largest absolute Gasteiger partial charge is 0.451 e. The summed E-state index contributed by atoms with van der Waals surface area (Å²) in [4.78, 5) is 17.1. The SMILES string of the molecule is Cc1cn2c(n1)CC[C@H](NC(=O)c1oc3ccccc3c1C)C2. The molecule has 0 aliphatic carbocycles. The molecule has 3 heterocycles. The molecular formula is C18H19N3O2. The Morgan fingerprint density at radius 1 is 1.35 bits per heavy atom. The Kier molecular flexibility index (Phi) is 3.22. The van der Waals surface area contributed by atoms with Gasteiger partial charge < -0.3 is 14.3 Å². The second-order valence-electron chi connectivity index (χ2n) is 6.21. The maximum Gasteiger partial charge on any atom is 0.287 e. The molecule has 5 heteroatoms. The van der Waals surface area contributed by atoms with Crippen LogP contribution in [0.2, 0.25) is 0 Å². The Morgan fingerprint density at radius 2 is 2.17 bits per heavy atom. The zero-order chi connectivity index (χ0) is 16.0. The highest BCUT2D eigenvalue weighted by molar-refractivity contribution is 5.99. The molecule has 1 N–H and O–H groups in total. The molecule has 0 bridgehead atoms. The van der Waals surface area contributed by atoms with Crippen molar-refractivity contribution in [2.24, 2.45) is 0 Å². The zero-order valence-corrected chi connectivity index (χ0v) is 13.3. The number of fused-ring (bicyclic) bond motifs is 2. The number of imidazole rings is 1. The van der Waals surface area contributed by atoms with Gasteiger partial charge >= 0.3 is 0 Å². The van der Waals surface area contributed by atoms with Crippen LogP contribution in [0.4, 0.5) is 0 Å². The molecule has 23 heavy (non-hydrogen) atoms. The molecule has 1 amide bonds. The highest BCUT2D eigenvalue weighted by Gasteiger charge is 2.24. The first-order valence-corrected chi connectivity index (χ1v) is 7.93. The highest BCUT2D eigenvalue weighted by atomic mass is 16.3. The number of nitrogens with one attached hydrogen (secondary N) is 1. The minimum Gasteiger partial charge on any atom is -0.451 e. The van der Waals surface area contributed by atoms with Gasteiger partial charge in [0.2, 0.25) is 0 Å². The van der Waals surface area contributed by atoms with Crippen molar-refractivity contribution in [1.82, 2.24) is 14.9 Å². The van der Waals surface area contributed by atoms with Gasteiger partial charge in [0.05, 0.1) is 5.69 Å². The number of hydrogen-bond acceptors (Lipinski definition) is 3. The number of carbonyl (C=O) groups is 1. The number of aromatic nitrogens is 2. The summed E-state index contributed by atoms with van der Waals surface area (Å²) in [5.74, 6) is 1.38. The van der Waals surface area contributed by atoms with E-state index in [0.717, 1.165) is 47.4 Å². The first kappa shape index (κ1) is 14.1. The third-order valence-corrected chi connectivity index (χ3v) is 4.50. The van der Waals surface area contributed by atoms with E-state index >= 15 is 0 Å². The first-order valence-electron chi connectivity index (χ1n) is 7.93. The van der Waals surface area contributed by atoms with E-state index in [4.69, 9.17) is 4.42 Å². The van der Waals surface area contributed by atoms with Crippen molar-refractivity contribution >= 4 is 16.9 Å². The van der Waals surface area contributed by atoms with Crippen LogP contribution >= 0.6 is 0 Å². The quantitative estimate of drug-likeness (QED) is 0.791. The molecule has 1 aliphatic heterocycles. The maximum atomic E-state index is 12.6. The Balaban J connectivity index is 1.55. The van der Waals surface area contributed by atoms with Crippen LogP contribution in [0.5, 0.6) is 0 Å². The molecule has 118 valence electrons. The first-order chi connectivity index (χ1) is 11.1. The predicted octanol–water partition coefficient (Wildman–Crippen LogP) is 2.99. The normalized spacial score (nSPS) is 17.2. The molecule has 0 radical (unpaired) electrons. The number of aryl methyl sites for hydroxylation is 3. The summed E-state index contributed by atoms with van der Waals surface area (Å²) < 4.78 is 7.88. The molecule has 0 fully saturated rings. The Bertz CT molecular complexity index is 891. The van der Waals surface area contributed by atoms with Gasteiger partial charge in [-0.05, 0) is 26.3 Å². The van der Waals surface area contributed by atoms with Gasteiger partial charge in [0, 0.05) is 36.2 Å². The second kappa shape index (κ2) is 5.26. The Morgan fingerprint density at radius 3 is 3.00 bits per heavy atom. The second-order valence-corrected chi connectivity index (χ2v) is 6.21. The third kappa shape index (κ3) is 2.42. The number of amides is 1. The van der Waals surface area contributed by atoms with Gasteiger partial charge in [0.25, 0.3) is 5.91 Å². The molecule has 5 nitrogen and oxygen atoms in total. The van der Waals surface area contributed by atoms with Crippen molar-refractivity contribution in [3.63, 3.8) is 0 Å². The molecule has 1 aliphatic rings. The number of benzene rings is 1. The molecular weight excluding hydrogens is 290 g/mol. The molecule has 1 atom stereocenters. The Hall–Kier alpha value is -2.56. The van der Waals surface area contributed by atoms with Crippen LogP contribution in [0.15, 0.2) is 34.9 Å². The van der Waals surface area contributed by atoms with E-state index in [1.165, 1.54) is 0 Å². The summed E-state index contributed by atoms with van der Waals surface area (Å²) in [6, 6.07) is 7.84. The van der Waals surface area contributed by atoms with E-state index in [0.29, 0.717) is 5.76 Å². The minimum atomic E-state index is -0.135. The number of nitrogens with zero attached hydrogens (tertiary/aromatic N) is 2. The van der Waals surface area contributed by atoms with Gasteiger partial charge in [-0.3, -0.25) is 4.79 Å². The predicted molar refractivity (Wildman–Crippen MR) is 87.5 cm³/mol. The van der Waals surface area contributed by atoms with Gasteiger partial charge in [-0.1, -0.05) is 18.2 Å². The number of carbonyl (C=O) groups excluding carboxylic acids is 1. The van der Waals surface area contributed by atoms with Crippen molar-refractivity contribution in [2.75, 3.05) is 0 Å². The lowest BCUT2D eigenvalue weighted by atomic mass is 10.1. The van der Waals surface area contributed by atoms with Crippen molar-refractivity contribution < 1.29 is 9.21 Å². The fourth-order valence-corrected chi connectivity index (χ4v) is 3.35. The lowest BCUT2D eigenvalue weighted by Gasteiger charge is -2.24. The van der Waals surface area contributed by atoms with E-state index in [1.807, 2.05) is 44.3 Å². The van der Waals surface area contributed by atoms with Crippen LogP contribution in [0.25, 0.3) is 11.0 Å². The number of rotatable bonds is 2. The van der Waals surface area contributed by atoms with Crippen molar-refractivity contribution in [3.8, 4) is 0 Å². The lowest BCUT2D eigenvalue weighted by Crippen LogP contribution is -2.40. The summed E-state index contributed by atoms with van der Waals surface area (Å²) in [5.41, 5.74) is 2.68.